The summed E-state index contributed by atoms with van der Waals surface area (Å²) in [6, 6.07) is 7.13. The predicted molar refractivity (Wildman–Crippen MR) is 74.7 cm³/mol. The van der Waals surface area contributed by atoms with Crippen molar-refractivity contribution in [2.75, 3.05) is 18.2 Å². The van der Waals surface area contributed by atoms with Crippen molar-refractivity contribution in [1.29, 1.82) is 0 Å². The highest BCUT2D eigenvalue weighted by molar-refractivity contribution is 9.10. The number of rotatable bonds is 3. The van der Waals surface area contributed by atoms with Gasteiger partial charge in [-0.3, -0.25) is 0 Å². The fraction of sp³-hybridized carbons (Fsp3) is 0.0769. The lowest BCUT2D eigenvalue weighted by atomic mass is 10.2. The molecule has 19 heavy (non-hydrogen) atoms. The average Bonchev–Trinajstić information content (AvgIpc) is 2.35. The van der Waals surface area contributed by atoms with Gasteiger partial charge in [-0.1, -0.05) is 15.9 Å². The van der Waals surface area contributed by atoms with Gasteiger partial charge >= 0.3 is 0 Å². The van der Waals surface area contributed by atoms with Crippen LogP contribution in [-0.2, 0) is 0 Å². The van der Waals surface area contributed by atoms with E-state index in [-0.39, 0.29) is 5.69 Å². The molecule has 0 radical (unpaired) electrons. The lowest BCUT2D eigenvalue weighted by Gasteiger charge is -2.11. The molecular weight excluding hydrogens is 318 g/mol. The molecule has 0 aliphatic heterocycles. The van der Waals surface area contributed by atoms with Crippen LogP contribution in [0.4, 0.5) is 25.8 Å². The van der Waals surface area contributed by atoms with E-state index in [4.69, 9.17) is 10.5 Å². The molecule has 0 aromatic heterocycles. The summed E-state index contributed by atoms with van der Waals surface area (Å²) in [5.74, 6) is -0.951. The molecule has 0 spiro atoms. The van der Waals surface area contributed by atoms with Crippen molar-refractivity contribution in [3.8, 4) is 5.75 Å². The number of halogens is 3. The van der Waals surface area contributed by atoms with E-state index in [0.29, 0.717) is 21.6 Å². The van der Waals surface area contributed by atoms with E-state index in [1.807, 2.05) is 0 Å². The maximum Gasteiger partial charge on any atom is 0.150 e. The van der Waals surface area contributed by atoms with Crippen LogP contribution in [0.5, 0.6) is 5.75 Å². The van der Waals surface area contributed by atoms with Crippen LogP contribution in [-0.4, -0.2) is 7.11 Å². The summed E-state index contributed by atoms with van der Waals surface area (Å²) in [6.07, 6.45) is 0. The van der Waals surface area contributed by atoms with Crippen LogP contribution >= 0.6 is 15.9 Å². The number of nitrogens with two attached hydrogens (primary N) is 1. The Balaban J connectivity index is 2.36. The Morgan fingerprint density at radius 3 is 2.37 bits per heavy atom. The third-order valence-electron chi connectivity index (χ3n) is 2.51. The minimum Gasteiger partial charge on any atom is -0.495 e. The van der Waals surface area contributed by atoms with Crippen molar-refractivity contribution in [1.82, 2.24) is 0 Å². The normalized spacial score (nSPS) is 10.3. The van der Waals surface area contributed by atoms with Crippen molar-refractivity contribution in [2.45, 2.75) is 0 Å². The molecule has 3 nitrogen and oxygen atoms in total. The largest absolute Gasteiger partial charge is 0.495 e. The predicted octanol–water partition coefficient (Wildman–Crippen LogP) is 4.06. The van der Waals surface area contributed by atoms with Crippen LogP contribution in [0, 0.1) is 11.6 Å². The van der Waals surface area contributed by atoms with E-state index in [1.165, 1.54) is 19.2 Å². The second-order valence-corrected chi connectivity index (χ2v) is 4.74. The number of nitrogen functional groups attached to an aromatic ring is 1. The van der Waals surface area contributed by atoms with Gasteiger partial charge < -0.3 is 15.8 Å². The molecule has 2 aromatic carbocycles. The van der Waals surface area contributed by atoms with Crippen molar-refractivity contribution in [2.24, 2.45) is 0 Å². The molecule has 0 amide bonds. The van der Waals surface area contributed by atoms with Crippen LogP contribution < -0.4 is 15.8 Å². The minimum atomic E-state index is -0.692. The number of nitrogens with one attached hydrogen (secondary N) is 1. The van der Waals surface area contributed by atoms with Gasteiger partial charge in [-0.2, -0.15) is 0 Å². The van der Waals surface area contributed by atoms with Crippen LogP contribution in [0.2, 0.25) is 0 Å². The summed E-state index contributed by atoms with van der Waals surface area (Å²) in [6.45, 7) is 0. The summed E-state index contributed by atoms with van der Waals surface area (Å²) < 4.78 is 32.7. The summed E-state index contributed by atoms with van der Waals surface area (Å²) in [7, 11) is 1.47. The highest BCUT2D eigenvalue weighted by atomic mass is 79.9. The second kappa shape index (κ2) is 5.44. The first-order chi connectivity index (χ1) is 9.01. The van der Waals surface area contributed by atoms with Crippen molar-refractivity contribution in [3.63, 3.8) is 0 Å². The van der Waals surface area contributed by atoms with Gasteiger partial charge in [0.05, 0.1) is 12.8 Å². The number of anilines is 3. The third-order valence-corrected chi connectivity index (χ3v) is 2.97. The number of hydrogen-bond donors (Lipinski definition) is 2. The zero-order valence-electron chi connectivity index (χ0n) is 10.0. The topological polar surface area (TPSA) is 47.3 Å². The van der Waals surface area contributed by atoms with E-state index in [1.54, 1.807) is 18.2 Å². The molecule has 3 N–H and O–H groups in total. The molecule has 0 saturated carbocycles. The molecule has 0 fully saturated rings. The minimum absolute atomic E-state index is 0.227. The monoisotopic (exact) mass is 328 g/mol. The van der Waals surface area contributed by atoms with Gasteiger partial charge in [-0.15, -0.1) is 0 Å². The van der Waals surface area contributed by atoms with E-state index >= 15 is 0 Å². The van der Waals surface area contributed by atoms with Gasteiger partial charge in [-0.05, 0) is 24.3 Å². The Kier molecular flexibility index (Phi) is 3.90. The summed E-state index contributed by atoms with van der Waals surface area (Å²) in [5.41, 5.74) is 6.37. The summed E-state index contributed by atoms with van der Waals surface area (Å²) in [5, 5.41) is 2.66. The molecule has 0 unspecified atom stereocenters. The number of ether oxygens (including phenoxy) is 1. The standard InChI is InChI=1S/C13H11BrF2N2O/c1-19-12-6-8(2-3-11(12)17)18-13-9(15)4-7(14)5-10(13)16/h2-6,18H,17H2,1H3. The Bertz CT molecular complexity index is 597. The second-order valence-electron chi connectivity index (χ2n) is 3.83. The molecule has 0 aliphatic rings. The van der Waals surface area contributed by atoms with Crippen LogP contribution in [0.3, 0.4) is 0 Å². The van der Waals surface area contributed by atoms with E-state index < -0.39 is 11.6 Å². The van der Waals surface area contributed by atoms with Crippen molar-refractivity contribution in [3.05, 3.63) is 46.4 Å². The highest BCUT2D eigenvalue weighted by Gasteiger charge is 2.11. The zero-order chi connectivity index (χ0) is 14.0. The SMILES string of the molecule is COc1cc(Nc2c(F)cc(Br)cc2F)ccc1N. The molecule has 100 valence electrons. The van der Waals surface area contributed by atoms with Crippen LogP contribution in [0.1, 0.15) is 0 Å². The molecule has 2 rings (SSSR count). The molecule has 0 aliphatic carbocycles. The smallest absolute Gasteiger partial charge is 0.150 e. The molecular formula is C13H11BrF2N2O. The Morgan fingerprint density at radius 1 is 1.16 bits per heavy atom. The first-order valence-corrected chi connectivity index (χ1v) is 6.15. The molecule has 0 bridgehead atoms. The molecule has 6 heteroatoms. The molecule has 0 heterocycles. The van der Waals surface area contributed by atoms with Gasteiger partial charge in [0.1, 0.15) is 11.4 Å². The van der Waals surface area contributed by atoms with Crippen LogP contribution in [0.15, 0.2) is 34.8 Å². The fourth-order valence-corrected chi connectivity index (χ4v) is 2.00. The maximum atomic E-state index is 13.7. The summed E-state index contributed by atoms with van der Waals surface area (Å²) in [4.78, 5) is 0. The third kappa shape index (κ3) is 2.96. The van der Waals surface area contributed by atoms with Crippen molar-refractivity contribution < 1.29 is 13.5 Å². The molecule has 2 aromatic rings. The van der Waals surface area contributed by atoms with Crippen molar-refractivity contribution >= 4 is 33.0 Å². The van der Waals surface area contributed by atoms with Gasteiger partial charge in [0.15, 0.2) is 11.6 Å². The van der Waals surface area contributed by atoms with E-state index in [2.05, 4.69) is 21.2 Å². The maximum absolute atomic E-state index is 13.7. The average molecular weight is 329 g/mol. The Morgan fingerprint density at radius 2 is 1.79 bits per heavy atom. The van der Waals surface area contributed by atoms with Gasteiger partial charge in [0.2, 0.25) is 0 Å². The van der Waals surface area contributed by atoms with Gasteiger partial charge in [0, 0.05) is 16.2 Å². The Labute approximate surface area is 117 Å². The Hall–Kier alpha value is -1.82. The van der Waals surface area contributed by atoms with Gasteiger partial charge in [-0.25, -0.2) is 8.78 Å². The van der Waals surface area contributed by atoms with E-state index in [0.717, 1.165) is 0 Å². The lowest BCUT2D eigenvalue weighted by Crippen LogP contribution is -1.99. The number of methoxy groups -OCH3 is 1. The zero-order valence-corrected chi connectivity index (χ0v) is 11.6. The summed E-state index contributed by atoms with van der Waals surface area (Å²) >= 11 is 3.02. The van der Waals surface area contributed by atoms with Crippen LogP contribution in [0.25, 0.3) is 0 Å². The number of benzene rings is 2. The first-order valence-electron chi connectivity index (χ1n) is 5.36. The first kappa shape index (κ1) is 13.6. The molecule has 0 atom stereocenters. The molecule has 0 saturated heterocycles. The lowest BCUT2D eigenvalue weighted by molar-refractivity contribution is 0.417. The highest BCUT2D eigenvalue weighted by Crippen LogP contribution is 2.30. The van der Waals surface area contributed by atoms with E-state index in [9.17, 15) is 8.78 Å². The van der Waals surface area contributed by atoms with Gasteiger partial charge in [0.25, 0.3) is 0 Å². The fourth-order valence-electron chi connectivity index (χ4n) is 1.59. The number of hydrogen-bond acceptors (Lipinski definition) is 3. The quantitative estimate of drug-likeness (QED) is 0.835.